The van der Waals surface area contributed by atoms with E-state index < -0.39 is 0 Å². The first-order valence-electron chi connectivity index (χ1n) is 5.53. The second-order valence-electron chi connectivity index (χ2n) is 3.96. The number of piperidine rings is 1. The van der Waals surface area contributed by atoms with Crippen molar-refractivity contribution in [1.82, 2.24) is 9.99 Å². The van der Waals surface area contributed by atoms with E-state index in [9.17, 15) is 0 Å². The van der Waals surface area contributed by atoms with Crippen molar-refractivity contribution >= 4 is 23.0 Å². The first kappa shape index (κ1) is 11.3. The van der Waals surface area contributed by atoms with E-state index in [0.29, 0.717) is 4.99 Å². The predicted octanol–water partition coefficient (Wildman–Crippen LogP) is 1.53. The van der Waals surface area contributed by atoms with Gasteiger partial charge in [0, 0.05) is 24.8 Å². The Kier molecular flexibility index (Phi) is 3.69. The average molecular weight is 236 g/mol. The standard InChI is InChI=1S/C11H16N4S/c12-11(16)9-4-5-10(13-8-9)14-15-6-2-1-3-7-15/h4-5,8H,1-3,6-7H2,(H2,12,16)(H,13,14). The van der Waals surface area contributed by atoms with E-state index in [-0.39, 0.29) is 0 Å². The summed E-state index contributed by atoms with van der Waals surface area (Å²) in [6, 6.07) is 3.80. The van der Waals surface area contributed by atoms with Crippen LogP contribution in [-0.4, -0.2) is 28.1 Å². The van der Waals surface area contributed by atoms with Crippen molar-refractivity contribution in [3.8, 4) is 0 Å². The number of aromatic nitrogens is 1. The number of hydrogen-bond acceptors (Lipinski definition) is 4. The van der Waals surface area contributed by atoms with Crippen LogP contribution in [0, 0.1) is 0 Å². The number of rotatable bonds is 3. The lowest BCUT2D eigenvalue weighted by Gasteiger charge is -2.27. The maximum atomic E-state index is 5.51. The number of hydrogen-bond donors (Lipinski definition) is 2. The molecule has 1 saturated heterocycles. The maximum Gasteiger partial charge on any atom is 0.140 e. The van der Waals surface area contributed by atoms with E-state index in [1.54, 1.807) is 6.20 Å². The zero-order chi connectivity index (χ0) is 11.4. The third kappa shape index (κ3) is 2.90. The van der Waals surface area contributed by atoms with Gasteiger partial charge in [0.1, 0.15) is 10.8 Å². The third-order valence-corrected chi connectivity index (χ3v) is 2.91. The quantitative estimate of drug-likeness (QED) is 0.779. The molecular formula is C11H16N4S. The molecule has 16 heavy (non-hydrogen) atoms. The van der Waals surface area contributed by atoms with Gasteiger partial charge < -0.3 is 11.2 Å². The fraction of sp³-hybridized carbons (Fsp3) is 0.455. The molecule has 3 N–H and O–H groups in total. The summed E-state index contributed by atoms with van der Waals surface area (Å²) in [5, 5.41) is 2.20. The lowest BCUT2D eigenvalue weighted by Crippen LogP contribution is -2.35. The van der Waals surface area contributed by atoms with Crippen LogP contribution >= 0.6 is 12.2 Å². The zero-order valence-electron chi connectivity index (χ0n) is 9.15. The van der Waals surface area contributed by atoms with Crippen molar-refractivity contribution in [2.75, 3.05) is 18.5 Å². The highest BCUT2D eigenvalue weighted by molar-refractivity contribution is 7.80. The molecule has 1 aromatic heterocycles. The van der Waals surface area contributed by atoms with Crippen molar-refractivity contribution in [1.29, 1.82) is 0 Å². The van der Waals surface area contributed by atoms with E-state index in [1.807, 2.05) is 12.1 Å². The van der Waals surface area contributed by atoms with Gasteiger partial charge in [0.25, 0.3) is 0 Å². The Morgan fingerprint density at radius 2 is 2.06 bits per heavy atom. The van der Waals surface area contributed by atoms with Crippen molar-refractivity contribution in [3.63, 3.8) is 0 Å². The Morgan fingerprint density at radius 1 is 1.31 bits per heavy atom. The summed E-state index contributed by atoms with van der Waals surface area (Å²) >= 11 is 4.87. The second-order valence-corrected chi connectivity index (χ2v) is 4.40. The van der Waals surface area contributed by atoms with Crippen LogP contribution in [0.15, 0.2) is 18.3 Å². The minimum Gasteiger partial charge on any atom is -0.389 e. The fourth-order valence-corrected chi connectivity index (χ4v) is 1.89. The van der Waals surface area contributed by atoms with Gasteiger partial charge in [-0.3, -0.25) is 0 Å². The van der Waals surface area contributed by atoms with Gasteiger partial charge in [-0.1, -0.05) is 18.6 Å². The molecule has 0 radical (unpaired) electrons. The highest BCUT2D eigenvalue weighted by Crippen LogP contribution is 2.11. The highest BCUT2D eigenvalue weighted by Gasteiger charge is 2.09. The monoisotopic (exact) mass is 236 g/mol. The Bertz CT molecular complexity index is 357. The van der Waals surface area contributed by atoms with Gasteiger partial charge >= 0.3 is 0 Å². The van der Waals surface area contributed by atoms with Gasteiger partial charge in [0.15, 0.2) is 0 Å². The van der Waals surface area contributed by atoms with Crippen LogP contribution in [0.4, 0.5) is 5.82 Å². The van der Waals surface area contributed by atoms with Crippen LogP contribution in [0.25, 0.3) is 0 Å². The molecule has 1 aliphatic heterocycles. The van der Waals surface area contributed by atoms with Gasteiger partial charge in [-0.2, -0.15) is 0 Å². The van der Waals surface area contributed by atoms with E-state index in [2.05, 4.69) is 15.4 Å². The summed E-state index contributed by atoms with van der Waals surface area (Å²) in [5.74, 6) is 0.849. The van der Waals surface area contributed by atoms with Gasteiger partial charge in [-0.05, 0) is 25.0 Å². The molecular weight excluding hydrogens is 220 g/mol. The van der Waals surface area contributed by atoms with Crippen molar-refractivity contribution in [2.24, 2.45) is 5.73 Å². The van der Waals surface area contributed by atoms with E-state index in [0.717, 1.165) is 24.5 Å². The fourth-order valence-electron chi connectivity index (χ4n) is 1.77. The predicted molar refractivity (Wildman–Crippen MR) is 69.2 cm³/mol. The van der Waals surface area contributed by atoms with Crippen molar-refractivity contribution < 1.29 is 0 Å². The van der Waals surface area contributed by atoms with Crippen LogP contribution in [-0.2, 0) is 0 Å². The van der Waals surface area contributed by atoms with Crippen LogP contribution in [0.2, 0.25) is 0 Å². The molecule has 0 atom stereocenters. The van der Waals surface area contributed by atoms with Crippen molar-refractivity contribution in [3.05, 3.63) is 23.9 Å². The molecule has 0 aromatic carbocycles. The third-order valence-electron chi connectivity index (χ3n) is 2.68. The van der Waals surface area contributed by atoms with E-state index in [1.165, 1.54) is 19.3 Å². The molecule has 86 valence electrons. The minimum atomic E-state index is 0.386. The topological polar surface area (TPSA) is 54.2 Å². The number of nitrogens with two attached hydrogens (primary N) is 1. The molecule has 0 saturated carbocycles. The number of nitrogens with one attached hydrogen (secondary N) is 1. The zero-order valence-corrected chi connectivity index (χ0v) is 9.96. The van der Waals surface area contributed by atoms with Crippen LogP contribution in [0.5, 0.6) is 0 Å². The second kappa shape index (κ2) is 5.23. The molecule has 2 rings (SSSR count). The number of hydrazine groups is 1. The Morgan fingerprint density at radius 3 is 2.62 bits per heavy atom. The van der Waals surface area contributed by atoms with Crippen LogP contribution in [0.3, 0.4) is 0 Å². The minimum absolute atomic E-state index is 0.386. The molecule has 4 nitrogen and oxygen atoms in total. The average Bonchev–Trinajstić information content (AvgIpc) is 2.31. The van der Waals surface area contributed by atoms with Crippen LogP contribution in [0.1, 0.15) is 24.8 Å². The van der Waals surface area contributed by atoms with Gasteiger partial charge in [0.2, 0.25) is 0 Å². The smallest absolute Gasteiger partial charge is 0.140 e. The SMILES string of the molecule is NC(=S)c1ccc(NN2CCCCC2)nc1. The summed E-state index contributed by atoms with van der Waals surface area (Å²) in [5.41, 5.74) is 9.60. The molecule has 0 unspecified atom stereocenters. The van der Waals surface area contributed by atoms with Gasteiger partial charge in [-0.15, -0.1) is 0 Å². The van der Waals surface area contributed by atoms with E-state index in [4.69, 9.17) is 18.0 Å². The van der Waals surface area contributed by atoms with Gasteiger partial charge in [0.05, 0.1) is 0 Å². The molecule has 0 spiro atoms. The Balaban J connectivity index is 1.96. The molecule has 1 fully saturated rings. The summed E-state index contributed by atoms with van der Waals surface area (Å²) in [7, 11) is 0. The summed E-state index contributed by atoms with van der Waals surface area (Å²) < 4.78 is 0. The summed E-state index contributed by atoms with van der Waals surface area (Å²) in [6.07, 6.45) is 5.52. The van der Waals surface area contributed by atoms with Gasteiger partial charge in [-0.25, -0.2) is 9.99 Å². The largest absolute Gasteiger partial charge is 0.389 e. The summed E-state index contributed by atoms with van der Waals surface area (Å²) in [6.45, 7) is 2.16. The highest BCUT2D eigenvalue weighted by atomic mass is 32.1. The lowest BCUT2D eigenvalue weighted by atomic mass is 10.2. The van der Waals surface area contributed by atoms with E-state index >= 15 is 0 Å². The molecule has 1 aliphatic rings. The van der Waals surface area contributed by atoms with Crippen molar-refractivity contribution in [2.45, 2.75) is 19.3 Å². The number of anilines is 1. The first-order chi connectivity index (χ1) is 7.75. The first-order valence-corrected chi connectivity index (χ1v) is 5.94. The molecule has 0 aliphatic carbocycles. The van der Waals surface area contributed by atoms with Crippen LogP contribution < -0.4 is 11.2 Å². The normalized spacial score (nSPS) is 17.0. The lowest BCUT2D eigenvalue weighted by molar-refractivity contribution is 0.272. The Labute approximate surface area is 101 Å². The molecule has 2 heterocycles. The molecule has 1 aromatic rings. The summed E-state index contributed by atoms with van der Waals surface area (Å²) in [4.78, 5) is 4.66. The molecule has 0 bridgehead atoms. The maximum absolute atomic E-state index is 5.51. The number of nitrogens with zero attached hydrogens (tertiary/aromatic N) is 2. The molecule has 5 heteroatoms. The molecule has 0 amide bonds. The number of pyridine rings is 1. The number of thiocarbonyl (C=S) groups is 1. The Hall–Kier alpha value is -1.20.